The molecule has 0 unspecified atom stereocenters. The van der Waals surface area contributed by atoms with Gasteiger partial charge in [0.1, 0.15) is 0 Å². The molecule has 2 amide bonds. The Balaban J connectivity index is 1.63. The second kappa shape index (κ2) is 7.05. The summed E-state index contributed by atoms with van der Waals surface area (Å²) in [4.78, 5) is 26.4. The van der Waals surface area contributed by atoms with Crippen LogP contribution < -0.4 is 5.32 Å². The summed E-state index contributed by atoms with van der Waals surface area (Å²) >= 11 is 6.15. The number of anilines is 1. The highest BCUT2D eigenvalue weighted by Gasteiger charge is 2.34. The van der Waals surface area contributed by atoms with E-state index in [0.29, 0.717) is 23.8 Å². The lowest BCUT2D eigenvalue weighted by atomic mass is 10.1. The molecule has 1 aliphatic rings. The van der Waals surface area contributed by atoms with Crippen LogP contribution in [0.1, 0.15) is 17.5 Å². The highest BCUT2D eigenvalue weighted by molar-refractivity contribution is 6.33. The van der Waals surface area contributed by atoms with E-state index in [4.69, 9.17) is 11.6 Å². The molecule has 0 saturated carbocycles. The van der Waals surface area contributed by atoms with Crippen LogP contribution >= 0.6 is 11.6 Å². The number of benzene rings is 2. The molecule has 0 aromatic heterocycles. The molecule has 5 heteroatoms. The van der Waals surface area contributed by atoms with Crippen LogP contribution in [0.4, 0.5) is 5.69 Å². The molecule has 1 aliphatic heterocycles. The van der Waals surface area contributed by atoms with Gasteiger partial charge in [-0.3, -0.25) is 9.59 Å². The Morgan fingerprint density at radius 1 is 1.25 bits per heavy atom. The lowest BCUT2D eigenvalue weighted by molar-refractivity contribution is -0.128. The molecule has 2 aromatic carbocycles. The SMILES string of the molecule is Cc1ccc(NC(=O)[C@H]2CC(=O)N(Cc3ccccc3)C2)c(Cl)c1. The topological polar surface area (TPSA) is 49.4 Å². The van der Waals surface area contributed by atoms with Gasteiger partial charge in [-0.15, -0.1) is 0 Å². The highest BCUT2D eigenvalue weighted by Crippen LogP contribution is 2.26. The Morgan fingerprint density at radius 2 is 2.00 bits per heavy atom. The van der Waals surface area contributed by atoms with Crippen LogP contribution in [-0.2, 0) is 16.1 Å². The summed E-state index contributed by atoms with van der Waals surface area (Å²) in [6, 6.07) is 15.3. The normalized spacial score (nSPS) is 17.2. The van der Waals surface area contributed by atoms with Crippen LogP contribution in [-0.4, -0.2) is 23.3 Å². The van der Waals surface area contributed by atoms with Crippen molar-refractivity contribution in [1.82, 2.24) is 4.90 Å². The smallest absolute Gasteiger partial charge is 0.229 e. The molecule has 0 radical (unpaired) electrons. The van der Waals surface area contributed by atoms with E-state index in [9.17, 15) is 9.59 Å². The van der Waals surface area contributed by atoms with Crippen molar-refractivity contribution in [2.75, 3.05) is 11.9 Å². The zero-order valence-electron chi connectivity index (χ0n) is 13.5. The molecule has 0 aliphatic carbocycles. The van der Waals surface area contributed by atoms with Crippen molar-refractivity contribution in [1.29, 1.82) is 0 Å². The molecule has 124 valence electrons. The van der Waals surface area contributed by atoms with Crippen molar-refractivity contribution in [2.45, 2.75) is 19.9 Å². The van der Waals surface area contributed by atoms with Crippen molar-refractivity contribution in [2.24, 2.45) is 5.92 Å². The lowest BCUT2D eigenvalue weighted by Crippen LogP contribution is -2.28. The van der Waals surface area contributed by atoms with Crippen LogP contribution in [0.15, 0.2) is 48.5 Å². The first-order valence-electron chi connectivity index (χ1n) is 7.91. The van der Waals surface area contributed by atoms with Crippen molar-refractivity contribution in [3.63, 3.8) is 0 Å². The van der Waals surface area contributed by atoms with E-state index in [2.05, 4.69) is 5.32 Å². The Labute approximate surface area is 146 Å². The molecule has 4 nitrogen and oxygen atoms in total. The maximum absolute atomic E-state index is 12.4. The quantitative estimate of drug-likeness (QED) is 0.922. The minimum Gasteiger partial charge on any atom is -0.338 e. The minimum atomic E-state index is -0.349. The number of hydrogen-bond donors (Lipinski definition) is 1. The monoisotopic (exact) mass is 342 g/mol. The van der Waals surface area contributed by atoms with E-state index >= 15 is 0 Å². The summed E-state index contributed by atoms with van der Waals surface area (Å²) in [6.45, 7) is 2.91. The predicted octanol–water partition coefficient (Wildman–Crippen LogP) is 3.64. The Morgan fingerprint density at radius 3 is 2.71 bits per heavy atom. The maximum Gasteiger partial charge on any atom is 0.229 e. The first kappa shape index (κ1) is 16.5. The molecule has 24 heavy (non-hydrogen) atoms. The summed E-state index contributed by atoms with van der Waals surface area (Å²) in [5.41, 5.74) is 2.68. The standard InChI is InChI=1S/C19H19ClN2O2/c1-13-7-8-17(16(20)9-13)21-19(24)15-10-18(23)22(12-15)11-14-5-3-2-4-6-14/h2-9,15H,10-12H2,1H3,(H,21,24)/t15-/m0/s1. The fraction of sp³-hybridized carbons (Fsp3) is 0.263. The molecular weight excluding hydrogens is 324 g/mol. The van der Waals surface area contributed by atoms with Crippen molar-refractivity contribution in [3.05, 3.63) is 64.7 Å². The van der Waals surface area contributed by atoms with E-state index in [1.54, 1.807) is 17.0 Å². The molecule has 3 rings (SSSR count). The molecule has 1 heterocycles. The van der Waals surface area contributed by atoms with Gasteiger partial charge in [0.25, 0.3) is 0 Å². The fourth-order valence-corrected chi connectivity index (χ4v) is 3.14. The van der Waals surface area contributed by atoms with Gasteiger partial charge in [0.2, 0.25) is 11.8 Å². The molecule has 0 bridgehead atoms. The third-order valence-corrected chi connectivity index (χ3v) is 4.50. The number of halogens is 1. The summed E-state index contributed by atoms with van der Waals surface area (Å²) in [5.74, 6) is -0.503. The number of nitrogens with one attached hydrogen (secondary N) is 1. The zero-order valence-corrected chi connectivity index (χ0v) is 14.2. The van der Waals surface area contributed by atoms with Crippen LogP contribution in [0.3, 0.4) is 0 Å². The third kappa shape index (κ3) is 3.77. The van der Waals surface area contributed by atoms with Crippen molar-refractivity contribution >= 4 is 29.1 Å². The van der Waals surface area contributed by atoms with E-state index in [1.807, 2.05) is 43.3 Å². The summed E-state index contributed by atoms with van der Waals surface area (Å²) in [5, 5.41) is 3.34. The summed E-state index contributed by atoms with van der Waals surface area (Å²) in [7, 11) is 0. The average molecular weight is 343 g/mol. The van der Waals surface area contributed by atoms with Gasteiger partial charge in [0, 0.05) is 19.5 Å². The number of hydrogen-bond acceptors (Lipinski definition) is 2. The average Bonchev–Trinajstić information content (AvgIpc) is 2.92. The summed E-state index contributed by atoms with van der Waals surface area (Å²) < 4.78 is 0. The number of likely N-dealkylation sites (tertiary alicyclic amines) is 1. The first-order valence-corrected chi connectivity index (χ1v) is 8.29. The molecule has 1 N–H and O–H groups in total. The minimum absolute atomic E-state index is 0.00834. The zero-order chi connectivity index (χ0) is 17.1. The molecular formula is C19H19ClN2O2. The van der Waals surface area contributed by atoms with Crippen molar-refractivity contribution < 1.29 is 9.59 Å². The number of aryl methyl sites for hydroxylation is 1. The van der Waals surface area contributed by atoms with Gasteiger partial charge in [0.15, 0.2) is 0 Å². The number of carbonyl (C=O) groups excluding carboxylic acids is 2. The van der Waals surface area contributed by atoms with E-state index in [-0.39, 0.29) is 24.2 Å². The van der Waals surface area contributed by atoms with Gasteiger partial charge < -0.3 is 10.2 Å². The van der Waals surface area contributed by atoms with Gasteiger partial charge in [-0.2, -0.15) is 0 Å². The number of carbonyl (C=O) groups is 2. The molecule has 1 fully saturated rings. The molecule has 2 aromatic rings. The van der Waals surface area contributed by atoms with Gasteiger partial charge in [0.05, 0.1) is 16.6 Å². The Kier molecular flexibility index (Phi) is 4.86. The molecule has 1 saturated heterocycles. The predicted molar refractivity (Wildman–Crippen MR) is 94.8 cm³/mol. The second-order valence-electron chi connectivity index (χ2n) is 6.13. The van der Waals surface area contributed by atoms with Crippen molar-refractivity contribution in [3.8, 4) is 0 Å². The van der Waals surface area contributed by atoms with Crippen LogP contribution in [0.5, 0.6) is 0 Å². The lowest BCUT2D eigenvalue weighted by Gasteiger charge is -2.17. The number of rotatable bonds is 4. The fourth-order valence-electron chi connectivity index (χ4n) is 2.86. The van der Waals surface area contributed by atoms with E-state index in [1.165, 1.54) is 0 Å². The van der Waals surface area contributed by atoms with E-state index < -0.39 is 0 Å². The highest BCUT2D eigenvalue weighted by atomic mass is 35.5. The van der Waals surface area contributed by atoms with Crippen LogP contribution in [0.25, 0.3) is 0 Å². The number of nitrogens with zero attached hydrogens (tertiary/aromatic N) is 1. The Bertz CT molecular complexity index is 761. The first-order chi connectivity index (χ1) is 11.5. The summed E-state index contributed by atoms with van der Waals surface area (Å²) in [6.07, 6.45) is 0.238. The molecule has 0 spiro atoms. The largest absolute Gasteiger partial charge is 0.338 e. The van der Waals surface area contributed by atoms with E-state index in [0.717, 1.165) is 11.1 Å². The van der Waals surface area contributed by atoms with Crippen LogP contribution in [0.2, 0.25) is 5.02 Å². The van der Waals surface area contributed by atoms with Gasteiger partial charge >= 0.3 is 0 Å². The second-order valence-corrected chi connectivity index (χ2v) is 6.54. The van der Waals surface area contributed by atoms with Gasteiger partial charge in [-0.25, -0.2) is 0 Å². The molecule has 1 atom stereocenters. The van der Waals surface area contributed by atoms with Gasteiger partial charge in [-0.05, 0) is 30.2 Å². The Hall–Kier alpha value is -2.33. The van der Waals surface area contributed by atoms with Gasteiger partial charge in [-0.1, -0.05) is 48.0 Å². The third-order valence-electron chi connectivity index (χ3n) is 4.18. The number of amides is 2. The van der Waals surface area contributed by atoms with Crippen LogP contribution in [0, 0.1) is 12.8 Å². The maximum atomic E-state index is 12.4.